The maximum absolute atomic E-state index is 12.3. The van der Waals surface area contributed by atoms with Crippen LogP contribution in [0.5, 0.6) is 5.75 Å². The lowest BCUT2D eigenvalue weighted by Crippen LogP contribution is -2.01. The molecule has 0 aliphatic rings. The van der Waals surface area contributed by atoms with Gasteiger partial charge in [0.15, 0.2) is 0 Å². The Morgan fingerprint density at radius 3 is 2.67 bits per heavy atom. The van der Waals surface area contributed by atoms with Gasteiger partial charge in [-0.15, -0.1) is 11.3 Å². The van der Waals surface area contributed by atoms with E-state index in [0.29, 0.717) is 21.9 Å². The van der Waals surface area contributed by atoms with E-state index in [0.717, 1.165) is 9.35 Å². The first-order valence-electron chi connectivity index (χ1n) is 5.27. The first kappa shape index (κ1) is 13.1. The van der Waals surface area contributed by atoms with Crippen molar-refractivity contribution < 1.29 is 9.53 Å². The van der Waals surface area contributed by atoms with Crippen LogP contribution in [0.4, 0.5) is 5.69 Å². The Balaban J connectivity index is 2.39. The van der Waals surface area contributed by atoms with Crippen LogP contribution in [0.15, 0.2) is 28.1 Å². The molecule has 2 rings (SSSR count). The summed E-state index contributed by atoms with van der Waals surface area (Å²) in [6.07, 6.45) is 0. The lowest BCUT2D eigenvalue weighted by atomic mass is 10.1. The lowest BCUT2D eigenvalue weighted by molar-refractivity contribution is 0.104. The van der Waals surface area contributed by atoms with Gasteiger partial charge < -0.3 is 10.5 Å². The summed E-state index contributed by atoms with van der Waals surface area (Å²) in [5.74, 6) is 0.500. The zero-order valence-corrected chi connectivity index (χ0v) is 12.4. The Labute approximate surface area is 118 Å². The Bertz CT molecular complexity index is 588. The van der Waals surface area contributed by atoms with Crippen molar-refractivity contribution in [2.45, 2.75) is 6.92 Å². The molecule has 0 atom stereocenters. The van der Waals surface area contributed by atoms with E-state index in [-0.39, 0.29) is 5.78 Å². The largest absolute Gasteiger partial charge is 0.495 e. The summed E-state index contributed by atoms with van der Waals surface area (Å²) >= 11 is 4.85. The zero-order chi connectivity index (χ0) is 13.3. The smallest absolute Gasteiger partial charge is 0.203 e. The summed E-state index contributed by atoms with van der Waals surface area (Å²) in [5.41, 5.74) is 7.89. The Morgan fingerprint density at radius 2 is 2.11 bits per heavy atom. The van der Waals surface area contributed by atoms with Crippen molar-refractivity contribution in [2.24, 2.45) is 0 Å². The van der Waals surface area contributed by atoms with E-state index in [9.17, 15) is 4.79 Å². The molecule has 0 saturated carbocycles. The minimum atomic E-state index is -0.0212. The van der Waals surface area contributed by atoms with Gasteiger partial charge in [0, 0.05) is 5.56 Å². The molecule has 1 aromatic carbocycles. The first-order valence-corrected chi connectivity index (χ1v) is 6.88. The average Bonchev–Trinajstić information content (AvgIpc) is 2.69. The number of anilines is 1. The van der Waals surface area contributed by atoms with Crippen molar-refractivity contribution in [2.75, 3.05) is 12.8 Å². The van der Waals surface area contributed by atoms with E-state index < -0.39 is 0 Å². The Morgan fingerprint density at radius 1 is 1.39 bits per heavy atom. The topological polar surface area (TPSA) is 52.3 Å². The van der Waals surface area contributed by atoms with Gasteiger partial charge in [0.25, 0.3) is 0 Å². The highest BCUT2D eigenvalue weighted by Crippen LogP contribution is 2.30. The molecule has 3 nitrogen and oxygen atoms in total. The predicted octanol–water partition coefficient (Wildman–Crippen LogP) is 3.64. The molecule has 5 heteroatoms. The SMILES string of the molecule is COc1cc(C(=O)c2cc(C)c(Br)s2)ccc1N. The molecule has 0 radical (unpaired) electrons. The molecule has 0 saturated heterocycles. The van der Waals surface area contributed by atoms with Gasteiger partial charge in [-0.05, 0) is 52.7 Å². The van der Waals surface area contributed by atoms with Crippen LogP contribution in [0.3, 0.4) is 0 Å². The second-order valence-corrected chi connectivity index (χ2v) is 6.22. The number of hydrogen-bond donors (Lipinski definition) is 1. The molecule has 0 aliphatic heterocycles. The summed E-state index contributed by atoms with van der Waals surface area (Å²) in [5, 5.41) is 0. The second-order valence-electron chi connectivity index (χ2n) is 3.85. The molecular formula is C13H12BrNO2S. The van der Waals surface area contributed by atoms with E-state index in [1.807, 2.05) is 13.0 Å². The fourth-order valence-electron chi connectivity index (χ4n) is 1.57. The number of carbonyl (C=O) groups excluding carboxylic acids is 1. The van der Waals surface area contributed by atoms with Crippen LogP contribution in [0.1, 0.15) is 20.8 Å². The fraction of sp³-hybridized carbons (Fsp3) is 0.154. The highest BCUT2D eigenvalue weighted by Gasteiger charge is 2.15. The highest BCUT2D eigenvalue weighted by atomic mass is 79.9. The quantitative estimate of drug-likeness (QED) is 0.692. The van der Waals surface area contributed by atoms with Crippen LogP contribution >= 0.6 is 27.3 Å². The monoisotopic (exact) mass is 325 g/mol. The summed E-state index contributed by atoms with van der Waals surface area (Å²) in [7, 11) is 1.53. The van der Waals surface area contributed by atoms with Crippen molar-refractivity contribution in [1.29, 1.82) is 0 Å². The molecule has 0 bridgehead atoms. The van der Waals surface area contributed by atoms with Crippen LogP contribution in [-0.2, 0) is 0 Å². The zero-order valence-electron chi connectivity index (χ0n) is 9.99. The van der Waals surface area contributed by atoms with E-state index in [1.165, 1.54) is 18.4 Å². The second kappa shape index (κ2) is 5.12. The number of methoxy groups -OCH3 is 1. The van der Waals surface area contributed by atoms with Crippen molar-refractivity contribution in [1.82, 2.24) is 0 Å². The summed E-state index contributed by atoms with van der Waals surface area (Å²) < 4.78 is 6.10. The minimum absolute atomic E-state index is 0.0212. The number of halogens is 1. The third-order valence-corrected chi connectivity index (χ3v) is 4.71. The lowest BCUT2D eigenvalue weighted by Gasteiger charge is -2.05. The number of nitrogens with two attached hydrogens (primary N) is 1. The van der Waals surface area contributed by atoms with Crippen molar-refractivity contribution in [3.8, 4) is 5.75 Å². The molecule has 18 heavy (non-hydrogen) atoms. The van der Waals surface area contributed by atoms with Gasteiger partial charge in [-0.1, -0.05) is 0 Å². The van der Waals surface area contributed by atoms with E-state index >= 15 is 0 Å². The molecule has 0 unspecified atom stereocenters. The number of ether oxygens (including phenoxy) is 1. The maximum Gasteiger partial charge on any atom is 0.203 e. The fourth-order valence-corrected chi connectivity index (χ4v) is 3.06. The normalized spacial score (nSPS) is 10.4. The molecule has 2 aromatic rings. The Hall–Kier alpha value is -1.33. The van der Waals surface area contributed by atoms with Crippen LogP contribution in [-0.4, -0.2) is 12.9 Å². The van der Waals surface area contributed by atoms with E-state index in [4.69, 9.17) is 10.5 Å². The average molecular weight is 326 g/mol. The van der Waals surface area contributed by atoms with Gasteiger partial charge in [0.2, 0.25) is 5.78 Å². The maximum atomic E-state index is 12.3. The molecule has 2 N–H and O–H groups in total. The summed E-state index contributed by atoms with van der Waals surface area (Å²) in [4.78, 5) is 13.0. The van der Waals surface area contributed by atoms with E-state index in [1.54, 1.807) is 18.2 Å². The molecule has 0 aliphatic carbocycles. The number of rotatable bonds is 3. The molecule has 0 amide bonds. The Kier molecular flexibility index (Phi) is 3.73. The van der Waals surface area contributed by atoms with Crippen molar-refractivity contribution in [3.05, 3.63) is 44.1 Å². The van der Waals surface area contributed by atoms with Gasteiger partial charge >= 0.3 is 0 Å². The van der Waals surface area contributed by atoms with Crippen LogP contribution in [0, 0.1) is 6.92 Å². The van der Waals surface area contributed by atoms with Gasteiger partial charge in [0.1, 0.15) is 5.75 Å². The number of ketones is 1. The molecule has 0 spiro atoms. The number of carbonyl (C=O) groups is 1. The molecule has 94 valence electrons. The first-order chi connectivity index (χ1) is 8.52. The standard InChI is InChI=1S/C13H12BrNO2S/c1-7-5-11(18-13(7)14)12(16)8-3-4-9(15)10(6-8)17-2/h3-6H,15H2,1-2H3. The minimum Gasteiger partial charge on any atom is -0.495 e. The van der Waals surface area contributed by atoms with Crippen LogP contribution < -0.4 is 10.5 Å². The van der Waals surface area contributed by atoms with Gasteiger partial charge in [-0.25, -0.2) is 0 Å². The predicted molar refractivity (Wildman–Crippen MR) is 77.6 cm³/mol. The van der Waals surface area contributed by atoms with Crippen molar-refractivity contribution in [3.63, 3.8) is 0 Å². The molecule has 0 fully saturated rings. The van der Waals surface area contributed by atoms with Gasteiger partial charge in [-0.3, -0.25) is 4.79 Å². The van der Waals surface area contributed by atoms with Gasteiger partial charge in [-0.2, -0.15) is 0 Å². The third kappa shape index (κ3) is 2.42. The molecule has 1 heterocycles. The highest BCUT2D eigenvalue weighted by molar-refractivity contribution is 9.11. The number of hydrogen-bond acceptors (Lipinski definition) is 4. The third-order valence-electron chi connectivity index (χ3n) is 2.58. The number of thiophene rings is 1. The van der Waals surface area contributed by atoms with Crippen LogP contribution in [0.2, 0.25) is 0 Å². The number of aryl methyl sites for hydroxylation is 1. The molecule has 1 aromatic heterocycles. The molecular weight excluding hydrogens is 314 g/mol. The summed E-state index contributed by atoms with van der Waals surface area (Å²) in [6, 6.07) is 6.94. The van der Waals surface area contributed by atoms with Crippen LogP contribution in [0.25, 0.3) is 0 Å². The number of nitrogen functional groups attached to an aromatic ring is 1. The van der Waals surface area contributed by atoms with E-state index in [2.05, 4.69) is 15.9 Å². The van der Waals surface area contributed by atoms with Gasteiger partial charge in [0.05, 0.1) is 21.5 Å². The number of benzene rings is 1. The van der Waals surface area contributed by atoms with Crippen molar-refractivity contribution >= 4 is 38.7 Å². The summed E-state index contributed by atoms with van der Waals surface area (Å²) in [6.45, 7) is 1.96.